The molecule has 104 valence electrons. The molecule has 0 aromatic heterocycles. The average molecular weight is 254 g/mol. The van der Waals surface area contributed by atoms with E-state index in [1.54, 1.807) is 6.92 Å². The summed E-state index contributed by atoms with van der Waals surface area (Å²) >= 11 is 0. The Morgan fingerprint density at radius 3 is 2.11 bits per heavy atom. The molecule has 0 aromatic carbocycles. The van der Waals surface area contributed by atoms with Gasteiger partial charge in [-0.15, -0.1) is 0 Å². The monoisotopic (exact) mass is 254 g/mol. The Morgan fingerprint density at radius 1 is 1.06 bits per heavy atom. The van der Waals surface area contributed by atoms with Crippen molar-refractivity contribution in [3.63, 3.8) is 0 Å². The van der Waals surface area contributed by atoms with E-state index in [1.807, 2.05) is 0 Å². The Bertz CT molecular complexity index is 308. The lowest BCUT2D eigenvalue weighted by atomic mass is 9.68. The maximum absolute atomic E-state index is 11.3. The van der Waals surface area contributed by atoms with Crippen molar-refractivity contribution in [2.24, 2.45) is 11.8 Å². The van der Waals surface area contributed by atoms with Crippen molar-refractivity contribution in [2.45, 2.75) is 57.6 Å². The summed E-state index contributed by atoms with van der Waals surface area (Å²) in [4.78, 5) is 11.3. The van der Waals surface area contributed by atoms with Crippen LogP contribution in [0.3, 0.4) is 0 Å². The van der Waals surface area contributed by atoms with Crippen LogP contribution in [-0.2, 0) is 9.53 Å². The molecule has 3 nitrogen and oxygen atoms in total. The topological polar surface area (TPSA) is 26.3 Å². The lowest BCUT2D eigenvalue weighted by Gasteiger charge is -2.47. The lowest BCUT2D eigenvalue weighted by Crippen LogP contribution is -2.57. The average Bonchev–Trinajstić information content (AvgIpc) is 2.26. The van der Waals surface area contributed by atoms with Crippen LogP contribution in [0.25, 0.3) is 0 Å². The van der Waals surface area contributed by atoms with Crippen LogP contribution in [0.15, 0.2) is 0 Å². The van der Waals surface area contributed by atoms with E-state index in [9.17, 15) is 4.79 Å². The van der Waals surface area contributed by atoms with Crippen LogP contribution in [0.1, 0.15) is 45.4 Å². The zero-order chi connectivity index (χ0) is 13.3. The molecular formula is C15H28NO2+. The Balaban J connectivity index is 2.11. The lowest BCUT2D eigenvalue weighted by molar-refractivity contribution is -0.901. The van der Waals surface area contributed by atoms with Crippen molar-refractivity contribution >= 4 is 5.97 Å². The summed E-state index contributed by atoms with van der Waals surface area (Å²) in [6, 6.07) is 0.466. The molecule has 0 unspecified atom stereocenters. The Morgan fingerprint density at radius 2 is 1.61 bits per heavy atom. The smallest absolute Gasteiger partial charge is 0.303 e. The van der Waals surface area contributed by atoms with Crippen LogP contribution >= 0.6 is 0 Å². The van der Waals surface area contributed by atoms with E-state index in [2.05, 4.69) is 21.1 Å². The second kappa shape index (κ2) is 5.20. The molecule has 0 spiro atoms. The van der Waals surface area contributed by atoms with E-state index < -0.39 is 0 Å². The number of quaternary nitrogens is 1. The predicted octanol–water partition coefficient (Wildman–Crippen LogP) is 2.59. The quantitative estimate of drug-likeness (QED) is 0.559. The van der Waals surface area contributed by atoms with Gasteiger partial charge in [0.05, 0.1) is 21.1 Å². The number of likely N-dealkylation sites (N-methyl/N-ethyl adjacent to an activating group) is 1. The minimum Gasteiger partial charge on any atom is -0.456 e. The van der Waals surface area contributed by atoms with Gasteiger partial charge in [-0.3, -0.25) is 4.79 Å². The third kappa shape index (κ3) is 3.05. The molecule has 2 aliphatic rings. The second-order valence-electron chi connectivity index (χ2n) is 7.11. The molecule has 0 N–H and O–H groups in total. The number of fused-ring (bicyclic) bond motifs is 1. The summed E-state index contributed by atoms with van der Waals surface area (Å²) in [5, 5.41) is 0. The third-order valence-electron chi connectivity index (χ3n) is 4.89. The number of esters is 1. The van der Waals surface area contributed by atoms with Gasteiger partial charge in [0.25, 0.3) is 0 Å². The number of rotatable bonds is 2. The summed E-state index contributed by atoms with van der Waals surface area (Å²) in [5.74, 6) is 1.55. The van der Waals surface area contributed by atoms with E-state index in [1.165, 1.54) is 32.1 Å². The van der Waals surface area contributed by atoms with Gasteiger partial charge in [0, 0.05) is 13.3 Å². The zero-order valence-electron chi connectivity index (χ0n) is 12.3. The highest BCUT2D eigenvalue weighted by molar-refractivity contribution is 5.66. The molecule has 0 radical (unpaired) electrons. The molecule has 18 heavy (non-hydrogen) atoms. The van der Waals surface area contributed by atoms with Gasteiger partial charge >= 0.3 is 5.97 Å². The number of ether oxygens (including phenoxy) is 1. The van der Waals surface area contributed by atoms with Gasteiger partial charge in [-0.1, -0.05) is 19.3 Å². The van der Waals surface area contributed by atoms with Gasteiger partial charge in [0.15, 0.2) is 6.10 Å². The van der Waals surface area contributed by atoms with E-state index in [0.29, 0.717) is 6.04 Å². The number of hydrogen-bond donors (Lipinski definition) is 0. The number of carbonyl (C=O) groups is 1. The van der Waals surface area contributed by atoms with Crippen LogP contribution in [0.2, 0.25) is 0 Å². The van der Waals surface area contributed by atoms with E-state index in [-0.39, 0.29) is 12.1 Å². The summed E-state index contributed by atoms with van der Waals surface area (Å²) in [6.07, 6.45) is 7.92. The highest BCUT2D eigenvalue weighted by atomic mass is 16.5. The van der Waals surface area contributed by atoms with Gasteiger partial charge < -0.3 is 9.22 Å². The summed E-state index contributed by atoms with van der Waals surface area (Å²) in [7, 11) is 6.68. The summed E-state index contributed by atoms with van der Waals surface area (Å²) in [6.45, 7) is 1.54. The van der Waals surface area contributed by atoms with Crippen molar-refractivity contribution < 1.29 is 14.0 Å². The van der Waals surface area contributed by atoms with Crippen LogP contribution < -0.4 is 0 Å². The van der Waals surface area contributed by atoms with Crippen LogP contribution in [0, 0.1) is 11.8 Å². The minimum absolute atomic E-state index is 0.118. The Kier molecular flexibility index (Phi) is 4.00. The first-order valence-corrected chi connectivity index (χ1v) is 7.36. The molecular weight excluding hydrogens is 226 g/mol. The zero-order valence-corrected chi connectivity index (χ0v) is 12.3. The largest absolute Gasteiger partial charge is 0.456 e. The molecule has 2 rings (SSSR count). The normalized spacial score (nSPS) is 36.9. The standard InChI is InChI=1S/C15H28NO2/c1-11(17)18-15-10-13-8-6-5-7-12(13)9-14(15)16(2,3)4/h12-15H,5-10H2,1-4H3/q+1/t12-,13+,14+,15-/m1/s1. The van der Waals surface area contributed by atoms with Crippen molar-refractivity contribution in [3.05, 3.63) is 0 Å². The number of hydrogen-bond acceptors (Lipinski definition) is 2. The van der Waals surface area contributed by atoms with Crippen molar-refractivity contribution in [1.82, 2.24) is 0 Å². The first kappa shape index (κ1) is 13.9. The maximum atomic E-state index is 11.3. The minimum atomic E-state index is -0.118. The fourth-order valence-corrected chi connectivity index (χ4v) is 3.98. The molecule has 2 aliphatic carbocycles. The van der Waals surface area contributed by atoms with Gasteiger partial charge in [0.1, 0.15) is 6.04 Å². The summed E-state index contributed by atoms with van der Waals surface area (Å²) in [5.41, 5.74) is 0. The summed E-state index contributed by atoms with van der Waals surface area (Å²) < 4.78 is 6.53. The van der Waals surface area contributed by atoms with E-state index in [4.69, 9.17) is 4.74 Å². The number of nitrogens with zero attached hydrogens (tertiary/aromatic N) is 1. The highest BCUT2D eigenvalue weighted by Gasteiger charge is 2.45. The highest BCUT2D eigenvalue weighted by Crippen LogP contribution is 2.43. The molecule has 0 saturated heterocycles. The fraction of sp³-hybridized carbons (Fsp3) is 0.933. The van der Waals surface area contributed by atoms with Crippen molar-refractivity contribution in [1.29, 1.82) is 0 Å². The molecule has 3 heteroatoms. The molecule has 0 amide bonds. The third-order valence-corrected chi connectivity index (χ3v) is 4.89. The molecule has 0 bridgehead atoms. The Hall–Kier alpha value is -0.570. The van der Waals surface area contributed by atoms with Crippen molar-refractivity contribution in [2.75, 3.05) is 21.1 Å². The fourth-order valence-electron chi connectivity index (χ4n) is 3.98. The van der Waals surface area contributed by atoms with Gasteiger partial charge in [-0.2, -0.15) is 0 Å². The molecule has 2 fully saturated rings. The van der Waals surface area contributed by atoms with E-state index >= 15 is 0 Å². The van der Waals surface area contributed by atoms with Gasteiger partial charge in [0.2, 0.25) is 0 Å². The first-order chi connectivity index (χ1) is 8.38. The van der Waals surface area contributed by atoms with Crippen LogP contribution in [0.4, 0.5) is 0 Å². The van der Waals surface area contributed by atoms with Crippen LogP contribution in [0.5, 0.6) is 0 Å². The first-order valence-electron chi connectivity index (χ1n) is 7.36. The SMILES string of the molecule is CC(=O)O[C@@H]1C[C@@H]2CCCC[C@@H]2C[C@@H]1[N+](C)(C)C. The van der Waals surface area contributed by atoms with E-state index in [0.717, 1.165) is 22.7 Å². The van der Waals surface area contributed by atoms with Gasteiger partial charge in [-0.25, -0.2) is 0 Å². The second-order valence-corrected chi connectivity index (χ2v) is 7.11. The van der Waals surface area contributed by atoms with Gasteiger partial charge in [-0.05, 0) is 24.7 Å². The molecule has 2 saturated carbocycles. The molecule has 0 aliphatic heterocycles. The Labute approximate surface area is 111 Å². The maximum Gasteiger partial charge on any atom is 0.303 e. The molecule has 0 heterocycles. The molecule has 4 atom stereocenters. The molecule has 0 aromatic rings. The number of carbonyl (C=O) groups excluding carboxylic acids is 1. The predicted molar refractivity (Wildman–Crippen MR) is 72.1 cm³/mol. The van der Waals surface area contributed by atoms with Crippen LogP contribution in [-0.4, -0.2) is 43.7 Å². The van der Waals surface area contributed by atoms with Crippen molar-refractivity contribution in [3.8, 4) is 0 Å².